The van der Waals surface area contributed by atoms with Crippen molar-refractivity contribution in [3.8, 4) is 0 Å². The Kier molecular flexibility index (Phi) is 5.85. The lowest BCUT2D eigenvalue weighted by molar-refractivity contribution is -0.125. The molecule has 0 radical (unpaired) electrons. The van der Waals surface area contributed by atoms with Crippen molar-refractivity contribution in [2.45, 2.75) is 77.0 Å². The molecule has 1 saturated carbocycles. The Hall–Kier alpha value is -0.610. The van der Waals surface area contributed by atoms with Gasteiger partial charge in [-0.3, -0.25) is 9.69 Å². The Bertz CT molecular complexity index is 320. The van der Waals surface area contributed by atoms with E-state index in [1.54, 1.807) is 0 Å². The third-order valence-corrected chi connectivity index (χ3v) is 5.03. The summed E-state index contributed by atoms with van der Waals surface area (Å²) in [5.74, 6) is 0.734. The quantitative estimate of drug-likeness (QED) is 0.828. The third-order valence-electron chi connectivity index (χ3n) is 5.03. The van der Waals surface area contributed by atoms with Crippen molar-refractivity contribution < 1.29 is 9.90 Å². The molecule has 1 saturated heterocycles. The van der Waals surface area contributed by atoms with Gasteiger partial charge in [-0.05, 0) is 45.1 Å². The van der Waals surface area contributed by atoms with Crippen molar-refractivity contribution in [1.29, 1.82) is 0 Å². The van der Waals surface area contributed by atoms with Gasteiger partial charge in [0.1, 0.15) is 0 Å². The SMILES string of the molecule is C[C@H](O)[C@@H]1CCCCN1CC(=O)N[C@@H]1CCCC[C@H]1C. The van der Waals surface area contributed by atoms with Gasteiger partial charge in [0.25, 0.3) is 0 Å². The van der Waals surface area contributed by atoms with Crippen LogP contribution in [0, 0.1) is 5.92 Å². The van der Waals surface area contributed by atoms with Crippen LogP contribution < -0.4 is 5.32 Å². The second-order valence-corrected chi connectivity index (χ2v) is 6.71. The molecule has 0 bridgehead atoms. The first kappa shape index (κ1) is 15.8. The molecule has 2 N–H and O–H groups in total. The van der Waals surface area contributed by atoms with E-state index in [4.69, 9.17) is 0 Å². The summed E-state index contributed by atoms with van der Waals surface area (Å²) in [7, 11) is 0. The monoisotopic (exact) mass is 282 g/mol. The molecule has 0 aromatic carbocycles. The molecule has 2 fully saturated rings. The second kappa shape index (κ2) is 7.41. The molecule has 0 spiro atoms. The zero-order chi connectivity index (χ0) is 14.5. The smallest absolute Gasteiger partial charge is 0.234 e. The van der Waals surface area contributed by atoms with Gasteiger partial charge in [-0.15, -0.1) is 0 Å². The van der Waals surface area contributed by atoms with E-state index >= 15 is 0 Å². The zero-order valence-electron chi connectivity index (χ0n) is 13.0. The molecule has 1 heterocycles. The summed E-state index contributed by atoms with van der Waals surface area (Å²) in [6.45, 7) is 5.45. The molecule has 2 rings (SSSR count). The zero-order valence-corrected chi connectivity index (χ0v) is 13.0. The molecular formula is C16H30N2O2. The Balaban J connectivity index is 1.83. The van der Waals surface area contributed by atoms with Crippen LogP contribution in [-0.4, -0.2) is 47.2 Å². The molecule has 0 unspecified atom stereocenters. The Labute approximate surface area is 122 Å². The van der Waals surface area contributed by atoms with E-state index in [0.717, 1.165) is 32.2 Å². The van der Waals surface area contributed by atoms with Gasteiger partial charge in [0.2, 0.25) is 5.91 Å². The molecule has 0 aromatic rings. The molecule has 1 aliphatic carbocycles. The number of aliphatic hydroxyl groups excluding tert-OH is 1. The number of carbonyl (C=O) groups is 1. The number of aliphatic hydroxyl groups is 1. The minimum Gasteiger partial charge on any atom is -0.392 e. The third kappa shape index (κ3) is 4.19. The fraction of sp³-hybridized carbons (Fsp3) is 0.938. The molecule has 4 nitrogen and oxygen atoms in total. The van der Waals surface area contributed by atoms with E-state index in [2.05, 4.69) is 17.1 Å². The molecule has 0 aromatic heterocycles. The number of hydrogen-bond donors (Lipinski definition) is 2. The Morgan fingerprint density at radius 2 is 1.95 bits per heavy atom. The molecule has 1 amide bonds. The van der Waals surface area contributed by atoms with E-state index in [-0.39, 0.29) is 18.1 Å². The summed E-state index contributed by atoms with van der Waals surface area (Å²) in [4.78, 5) is 14.4. The number of likely N-dealkylation sites (tertiary alicyclic amines) is 1. The number of piperidine rings is 1. The topological polar surface area (TPSA) is 52.6 Å². The van der Waals surface area contributed by atoms with Crippen LogP contribution in [-0.2, 0) is 4.79 Å². The van der Waals surface area contributed by atoms with Crippen LogP contribution in [0.25, 0.3) is 0 Å². The van der Waals surface area contributed by atoms with Gasteiger partial charge in [-0.25, -0.2) is 0 Å². The average molecular weight is 282 g/mol. The lowest BCUT2D eigenvalue weighted by Gasteiger charge is -2.37. The van der Waals surface area contributed by atoms with Crippen LogP contribution in [0.15, 0.2) is 0 Å². The van der Waals surface area contributed by atoms with E-state index in [1.807, 2.05) is 6.92 Å². The number of amides is 1. The minimum atomic E-state index is -0.350. The molecule has 4 heteroatoms. The van der Waals surface area contributed by atoms with Crippen molar-refractivity contribution in [1.82, 2.24) is 10.2 Å². The van der Waals surface area contributed by atoms with Gasteiger partial charge >= 0.3 is 0 Å². The molecule has 1 aliphatic heterocycles. The van der Waals surface area contributed by atoms with Crippen molar-refractivity contribution in [3.63, 3.8) is 0 Å². The summed E-state index contributed by atoms with van der Waals surface area (Å²) in [6.07, 6.45) is 7.82. The van der Waals surface area contributed by atoms with Crippen LogP contribution in [0.2, 0.25) is 0 Å². The molecular weight excluding hydrogens is 252 g/mol. The number of hydrogen-bond acceptors (Lipinski definition) is 3. The van der Waals surface area contributed by atoms with Gasteiger partial charge in [-0.2, -0.15) is 0 Å². The summed E-state index contributed by atoms with van der Waals surface area (Å²) in [5, 5.41) is 13.1. The molecule has 4 atom stereocenters. The number of nitrogens with one attached hydrogen (secondary N) is 1. The first-order valence-corrected chi connectivity index (χ1v) is 8.29. The highest BCUT2D eigenvalue weighted by Crippen LogP contribution is 2.24. The predicted octanol–water partition coefficient (Wildman–Crippen LogP) is 1.92. The Morgan fingerprint density at radius 1 is 1.25 bits per heavy atom. The van der Waals surface area contributed by atoms with E-state index in [1.165, 1.54) is 19.3 Å². The number of carbonyl (C=O) groups excluding carboxylic acids is 1. The largest absolute Gasteiger partial charge is 0.392 e. The lowest BCUT2D eigenvalue weighted by atomic mass is 9.86. The second-order valence-electron chi connectivity index (χ2n) is 6.71. The van der Waals surface area contributed by atoms with Crippen molar-refractivity contribution >= 4 is 5.91 Å². The maximum Gasteiger partial charge on any atom is 0.234 e. The van der Waals surface area contributed by atoms with Gasteiger partial charge in [-0.1, -0.05) is 26.2 Å². The predicted molar refractivity (Wildman–Crippen MR) is 80.5 cm³/mol. The molecule has 2 aliphatic rings. The molecule has 116 valence electrons. The van der Waals surface area contributed by atoms with Crippen molar-refractivity contribution in [2.75, 3.05) is 13.1 Å². The van der Waals surface area contributed by atoms with Crippen LogP contribution >= 0.6 is 0 Å². The van der Waals surface area contributed by atoms with Crippen molar-refractivity contribution in [3.05, 3.63) is 0 Å². The van der Waals surface area contributed by atoms with Gasteiger partial charge < -0.3 is 10.4 Å². The first-order valence-electron chi connectivity index (χ1n) is 8.29. The summed E-state index contributed by atoms with van der Waals surface area (Å²) in [6, 6.07) is 0.504. The summed E-state index contributed by atoms with van der Waals surface area (Å²) >= 11 is 0. The van der Waals surface area contributed by atoms with E-state index in [9.17, 15) is 9.90 Å². The molecule has 20 heavy (non-hydrogen) atoms. The fourth-order valence-corrected chi connectivity index (χ4v) is 3.73. The lowest BCUT2D eigenvalue weighted by Crippen LogP contribution is -2.52. The van der Waals surface area contributed by atoms with Gasteiger partial charge in [0, 0.05) is 12.1 Å². The maximum absolute atomic E-state index is 12.3. The fourth-order valence-electron chi connectivity index (χ4n) is 3.73. The van der Waals surface area contributed by atoms with E-state index in [0.29, 0.717) is 18.5 Å². The van der Waals surface area contributed by atoms with Crippen molar-refractivity contribution in [2.24, 2.45) is 5.92 Å². The van der Waals surface area contributed by atoms with Crippen LogP contribution in [0.3, 0.4) is 0 Å². The first-order chi connectivity index (χ1) is 9.58. The van der Waals surface area contributed by atoms with Crippen LogP contribution in [0.1, 0.15) is 58.8 Å². The average Bonchev–Trinajstić information content (AvgIpc) is 2.41. The van der Waals surface area contributed by atoms with Crippen LogP contribution in [0.4, 0.5) is 0 Å². The number of nitrogens with zero attached hydrogens (tertiary/aromatic N) is 1. The normalized spacial score (nSPS) is 33.6. The standard InChI is InChI=1S/C16H30N2O2/c1-12-7-3-4-8-14(12)17-16(20)11-18-10-6-5-9-15(18)13(2)19/h12-15,19H,3-11H2,1-2H3,(H,17,20)/t12-,13+,14-,15+/m1/s1. The van der Waals surface area contributed by atoms with E-state index < -0.39 is 0 Å². The Morgan fingerprint density at radius 3 is 2.65 bits per heavy atom. The minimum absolute atomic E-state index is 0.135. The van der Waals surface area contributed by atoms with Gasteiger partial charge in [0.15, 0.2) is 0 Å². The highest BCUT2D eigenvalue weighted by molar-refractivity contribution is 5.78. The van der Waals surface area contributed by atoms with Crippen LogP contribution in [0.5, 0.6) is 0 Å². The summed E-state index contributed by atoms with van der Waals surface area (Å²) in [5.41, 5.74) is 0. The summed E-state index contributed by atoms with van der Waals surface area (Å²) < 4.78 is 0. The maximum atomic E-state index is 12.3. The highest BCUT2D eigenvalue weighted by atomic mass is 16.3. The number of rotatable bonds is 4. The van der Waals surface area contributed by atoms with Gasteiger partial charge in [0.05, 0.1) is 12.6 Å². The highest BCUT2D eigenvalue weighted by Gasteiger charge is 2.29.